The molecular weight excluding hydrogens is 461 g/mol. The van der Waals surface area contributed by atoms with Crippen molar-refractivity contribution in [1.29, 1.82) is 0 Å². The molecule has 3 aliphatic rings. The first-order chi connectivity index (χ1) is 16.5. The van der Waals surface area contributed by atoms with Gasteiger partial charge in [-0.25, -0.2) is 9.18 Å². The van der Waals surface area contributed by atoms with Gasteiger partial charge in [0.2, 0.25) is 5.43 Å². The largest absolute Gasteiger partial charge is 0.481 e. The van der Waals surface area contributed by atoms with Crippen molar-refractivity contribution in [2.75, 3.05) is 18.0 Å². The smallest absolute Gasteiger partial charge is 0.330 e. The van der Waals surface area contributed by atoms with Crippen LogP contribution in [0.4, 0.5) is 10.1 Å². The fourth-order valence-corrected chi connectivity index (χ4v) is 5.49. The van der Waals surface area contributed by atoms with Gasteiger partial charge in [0, 0.05) is 36.3 Å². The first-order valence-electron chi connectivity index (χ1n) is 11.7. The predicted molar refractivity (Wildman–Crippen MR) is 122 cm³/mol. The van der Waals surface area contributed by atoms with Crippen molar-refractivity contribution >= 4 is 34.4 Å². The number of aliphatic hydroxyl groups is 1. The molecule has 4 N–H and O–H groups in total. The molecule has 0 bridgehead atoms. The number of aliphatic hydroxyl groups excluding tert-OH is 1. The highest BCUT2D eigenvalue weighted by molar-refractivity contribution is 6.04. The maximum Gasteiger partial charge on any atom is 0.330 e. The second kappa shape index (κ2) is 8.04. The number of hydrogen-bond acceptors (Lipinski definition) is 6. The molecule has 3 heterocycles. The van der Waals surface area contributed by atoms with Crippen molar-refractivity contribution in [3.8, 4) is 0 Å². The number of aliphatic carboxylic acids is 2. The molecule has 0 spiro atoms. The number of pyridine rings is 1. The highest BCUT2D eigenvalue weighted by atomic mass is 19.1. The molecule has 186 valence electrons. The molecule has 2 fully saturated rings. The van der Waals surface area contributed by atoms with Gasteiger partial charge in [-0.2, -0.15) is 0 Å². The number of aryl methyl sites for hydroxylation is 1. The first-order valence-corrected chi connectivity index (χ1v) is 11.7. The molecule has 35 heavy (non-hydrogen) atoms. The molecule has 1 aromatic carbocycles. The molecular formula is C24H26FN3O7. The molecule has 1 aliphatic carbocycles. The first kappa shape index (κ1) is 23.3. The summed E-state index contributed by atoms with van der Waals surface area (Å²) < 4.78 is 17.2. The van der Waals surface area contributed by atoms with Crippen molar-refractivity contribution in [3.63, 3.8) is 0 Å². The Hall–Kier alpha value is -3.47. The summed E-state index contributed by atoms with van der Waals surface area (Å²) >= 11 is 0. The summed E-state index contributed by atoms with van der Waals surface area (Å²) in [5, 5.41) is 30.8. The summed E-state index contributed by atoms with van der Waals surface area (Å²) in [6.45, 7) is 2.88. The number of hydrogen-bond donors (Lipinski definition) is 4. The van der Waals surface area contributed by atoms with E-state index in [2.05, 4.69) is 5.32 Å². The molecule has 0 radical (unpaired) electrons. The number of aromatic nitrogens is 1. The fourth-order valence-electron chi connectivity index (χ4n) is 5.49. The lowest BCUT2D eigenvalue weighted by Gasteiger charge is -2.36. The van der Waals surface area contributed by atoms with Gasteiger partial charge >= 0.3 is 11.9 Å². The Labute approximate surface area is 199 Å². The van der Waals surface area contributed by atoms with Crippen LogP contribution in [0.1, 0.15) is 54.6 Å². The Kier molecular flexibility index (Phi) is 5.35. The minimum Gasteiger partial charge on any atom is -0.481 e. The number of carbonyl (C=O) groups excluding carboxylic acids is 1. The van der Waals surface area contributed by atoms with Crippen LogP contribution in [0, 0.1) is 11.7 Å². The van der Waals surface area contributed by atoms with Gasteiger partial charge in [0.05, 0.1) is 23.2 Å². The van der Waals surface area contributed by atoms with E-state index in [0.717, 1.165) is 6.07 Å². The van der Waals surface area contributed by atoms with E-state index in [1.807, 2.05) is 11.8 Å². The molecule has 3 atom stereocenters. The lowest BCUT2D eigenvalue weighted by molar-refractivity contribution is -0.146. The molecule has 2 aromatic rings. The summed E-state index contributed by atoms with van der Waals surface area (Å²) in [6.07, 6.45) is 2.86. The molecule has 10 nitrogen and oxygen atoms in total. The zero-order valence-electron chi connectivity index (χ0n) is 19.1. The van der Waals surface area contributed by atoms with Crippen LogP contribution in [0.15, 0.2) is 17.1 Å². The maximum atomic E-state index is 15.4. The molecule has 1 unspecified atom stereocenters. The van der Waals surface area contributed by atoms with E-state index in [9.17, 15) is 34.5 Å². The SMILES string of the molecule is C[C@H]1CCc2c(N3CCC(O)CC3)c(F)cc3c(=O)c(C(=O)N[C@]4(C(=O)O)CC4C(=O)O)cn1c23. The van der Waals surface area contributed by atoms with Gasteiger partial charge in [-0.1, -0.05) is 0 Å². The van der Waals surface area contributed by atoms with Gasteiger partial charge in [-0.3, -0.25) is 14.4 Å². The van der Waals surface area contributed by atoms with Gasteiger partial charge in [0.1, 0.15) is 11.4 Å². The second-order valence-electron chi connectivity index (χ2n) is 9.79. The van der Waals surface area contributed by atoms with Gasteiger partial charge in [0.25, 0.3) is 5.91 Å². The highest BCUT2D eigenvalue weighted by Gasteiger charge is 2.66. The van der Waals surface area contributed by atoms with E-state index in [-0.39, 0.29) is 23.4 Å². The Morgan fingerprint density at radius 2 is 1.86 bits per heavy atom. The van der Waals surface area contributed by atoms with Gasteiger partial charge in [-0.05, 0) is 45.1 Å². The summed E-state index contributed by atoms with van der Waals surface area (Å²) in [7, 11) is 0. The van der Waals surface area contributed by atoms with Crippen LogP contribution in [0.25, 0.3) is 10.9 Å². The van der Waals surface area contributed by atoms with E-state index in [1.165, 1.54) is 6.20 Å². The molecule has 1 amide bonds. The number of piperidine rings is 1. The van der Waals surface area contributed by atoms with Crippen LogP contribution in [0.2, 0.25) is 0 Å². The zero-order chi connectivity index (χ0) is 25.2. The lowest BCUT2D eigenvalue weighted by Crippen LogP contribution is -2.47. The van der Waals surface area contributed by atoms with Crippen LogP contribution in [-0.2, 0) is 16.0 Å². The minimum absolute atomic E-state index is 0.0208. The number of halogens is 1. The summed E-state index contributed by atoms with van der Waals surface area (Å²) in [5.41, 5.74) is -1.45. The van der Waals surface area contributed by atoms with Crippen LogP contribution in [0.5, 0.6) is 0 Å². The molecule has 2 aliphatic heterocycles. The van der Waals surface area contributed by atoms with Gasteiger partial charge < -0.3 is 30.1 Å². The van der Waals surface area contributed by atoms with E-state index in [4.69, 9.17) is 0 Å². The number of amides is 1. The monoisotopic (exact) mass is 487 g/mol. The van der Waals surface area contributed by atoms with Crippen LogP contribution in [0.3, 0.4) is 0 Å². The zero-order valence-corrected chi connectivity index (χ0v) is 19.1. The summed E-state index contributed by atoms with van der Waals surface area (Å²) in [6, 6.07) is 1.01. The van der Waals surface area contributed by atoms with Gasteiger partial charge in [0.15, 0.2) is 5.54 Å². The average molecular weight is 487 g/mol. The number of benzene rings is 1. The van der Waals surface area contributed by atoms with Crippen molar-refractivity contribution in [2.24, 2.45) is 5.92 Å². The van der Waals surface area contributed by atoms with Crippen LogP contribution in [-0.4, -0.2) is 62.5 Å². The Morgan fingerprint density at radius 1 is 1.17 bits per heavy atom. The van der Waals surface area contributed by atoms with Crippen LogP contribution < -0.4 is 15.6 Å². The highest BCUT2D eigenvalue weighted by Crippen LogP contribution is 2.44. The maximum absolute atomic E-state index is 15.4. The third-order valence-electron chi connectivity index (χ3n) is 7.63. The quantitative estimate of drug-likeness (QED) is 0.493. The average Bonchev–Trinajstić information content (AvgIpc) is 3.54. The number of carboxylic acids is 2. The topological polar surface area (TPSA) is 149 Å². The number of nitrogens with zero attached hydrogens (tertiary/aromatic N) is 2. The normalized spacial score (nSPS) is 26.0. The molecule has 1 saturated heterocycles. The Bertz CT molecular complexity index is 1330. The third-order valence-corrected chi connectivity index (χ3v) is 7.63. The number of carbonyl (C=O) groups is 3. The molecule has 1 aromatic heterocycles. The molecule has 1 saturated carbocycles. The summed E-state index contributed by atoms with van der Waals surface area (Å²) in [4.78, 5) is 51.3. The number of rotatable bonds is 5. The number of anilines is 1. The Morgan fingerprint density at radius 3 is 2.46 bits per heavy atom. The van der Waals surface area contributed by atoms with Crippen molar-refractivity contribution in [3.05, 3.63) is 39.4 Å². The van der Waals surface area contributed by atoms with Crippen LogP contribution >= 0.6 is 0 Å². The van der Waals surface area contributed by atoms with Gasteiger partial charge in [-0.15, -0.1) is 0 Å². The number of nitrogens with one attached hydrogen (secondary N) is 1. The lowest BCUT2D eigenvalue weighted by atomic mass is 9.92. The van der Waals surface area contributed by atoms with Crippen molar-refractivity contribution in [1.82, 2.24) is 9.88 Å². The molecule has 5 rings (SSSR count). The second-order valence-corrected chi connectivity index (χ2v) is 9.79. The molecule has 11 heteroatoms. The fraction of sp³-hybridized carbons (Fsp3) is 0.500. The van der Waals surface area contributed by atoms with Crippen molar-refractivity contribution in [2.45, 2.75) is 56.7 Å². The summed E-state index contributed by atoms with van der Waals surface area (Å²) in [5.74, 6) is -5.72. The van der Waals surface area contributed by atoms with E-state index >= 15 is 4.39 Å². The predicted octanol–water partition coefficient (Wildman–Crippen LogP) is 1.27. The standard InChI is InChI=1S/C24H26FN3O7/c1-11-2-3-13-18-14(8-17(25)19(13)27-6-4-12(29)5-7-27)20(30)15(10-28(11)18)21(31)26-24(23(34)35)9-16(24)22(32)33/h8,10-12,16,29H,2-7,9H2,1H3,(H,26,31)(H,32,33)(H,34,35)/t11-,16?,24+/m0/s1. The number of carboxylic acid groups (broad SMARTS) is 2. The minimum atomic E-state index is -1.98. The third kappa shape index (κ3) is 3.56. The van der Waals surface area contributed by atoms with Crippen molar-refractivity contribution < 1.29 is 34.1 Å². The van der Waals surface area contributed by atoms with E-state index in [1.54, 1.807) is 4.57 Å². The van der Waals surface area contributed by atoms with E-state index in [0.29, 0.717) is 55.5 Å². The van der Waals surface area contributed by atoms with E-state index < -0.39 is 46.7 Å². The Balaban J connectivity index is 1.61.